The minimum absolute atomic E-state index is 0.414. The van der Waals surface area contributed by atoms with Crippen LogP contribution in [0.4, 0.5) is 0 Å². The van der Waals surface area contributed by atoms with Gasteiger partial charge < -0.3 is 5.73 Å². The quantitative estimate of drug-likeness (QED) is 0.940. The molecule has 0 saturated heterocycles. The van der Waals surface area contributed by atoms with Crippen molar-refractivity contribution in [2.24, 2.45) is 5.73 Å². The Kier molecular flexibility index (Phi) is 4.17. The lowest BCUT2D eigenvalue weighted by Gasteiger charge is -2.05. The number of aromatic nitrogens is 2. The minimum Gasteiger partial charge on any atom is -0.325 e. The maximum atomic E-state index is 5.98. The maximum absolute atomic E-state index is 5.98. The van der Waals surface area contributed by atoms with Gasteiger partial charge in [0, 0.05) is 18.7 Å². The van der Waals surface area contributed by atoms with Crippen molar-refractivity contribution in [2.45, 2.75) is 19.9 Å². The zero-order chi connectivity index (χ0) is 13.1. The Bertz CT molecular complexity index is 570. The van der Waals surface area contributed by atoms with E-state index in [1.54, 1.807) is 6.07 Å². The fourth-order valence-corrected chi connectivity index (χ4v) is 2.04. The molecule has 5 heteroatoms. The van der Waals surface area contributed by atoms with E-state index >= 15 is 0 Å². The Hall–Kier alpha value is -1.16. The molecule has 0 amide bonds. The summed E-state index contributed by atoms with van der Waals surface area (Å²) in [6, 6.07) is 7.41. The van der Waals surface area contributed by atoms with Crippen molar-refractivity contribution in [1.82, 2.24) is 9.97 Å². The van der Waals surface area contributed by atoms with Gasteiger partial charge in [0.1, 0.15) is 5.82 Å². The van der Waals surface area contributed by atoms with Crippen molar-refractivity contribution in [2.75, 3.05) is 0 Å². The molecule has 18 heavy (non-hydrogen) atoms. The summed E-state index contributed by atoms with van der Waals surface area (Å²) in [5.74, 6) is 0.744. The normalized spacial score (nSPS) is 10.7. The molecule has 2 N–H and O–H groups in total. The summed E-state index contributed by atoms with van der Waals surface area (Å²) >= 11 is 11.9. The second-order valence-electron chi connectivity index (χ2n) is 4.05. The topological polar surface area (TPSA) is 51.8 Å². The van der Waals surface area contributed by atoms with Crippen LogP contribution in [0.15, 0.2) is 24.3 Å². The van der Waals surface area contributed by atoms with E-state index in [4.69, 9.17) is 28.9 Å². The van der Waals surface area contributed by atoms with Gasteiger partial charge in [-0.2, -0.15) is 0 Å². The standard InChI is InChI=1S/C13H13Cl2N3/c1-8-4-10(7-16)18-13(17-8)6-9-2-3-11(14)12(15)5-9/h2-5H,6-7,16H2,1H3. The molecular formula is C13H13Cl2N3. The van der Waals surface area contributed by atoms with Crippen molar-refractivity contribution in [3.63, 3.8) is 0 Å². The van der Waals surface area contributed by atoms with Crippen LogP contribution in [-0.2, 0) is 13.0 Å². The van der Waals surface area contributed by atoms with Crippen LogP contribution in [-0.4, -0.2) is 9.97 Å². The maximum Gasteiger partial charge on any atom is 0.133 e. The highest BCUT2D eigenvalue weighted by atomic mass is 35.5. The second kappa shape index (κ2) is 5.65. The monoisotopic (exact) mass is 281 g/mol. The van der Waals surface area contributed by atoms with Crippen LogP contribution in [0.2, 0.25) is 10.0 Å². The molecule has 0 aliphatic rings. The number of nitrogens with zero attached hydrogens (tertiary/aromatic N) is 2. The first-order chi connectivity index (χ1) is 8.58. The summed E-state index contributed by atoms with van der Waals surface area (Å²) in [6.07, 6.45) is 0.617. The molecular weight excluding hydrogens is 269 g/mol. The smallest absolute Gasteiger partial charge is 0.133 e. The Morgan fingerprint density at radius 2 is 1.89 bits per heavy atom. The van der Waals surface area contributed by atoms with Crippen LogP contribution in [0.3, 0.4) is 0 Å². The van der Waals surface area contributed by atoms with Gasteiger partial charge in [-0.3, -0.25) is 0 Å². The number of hydrogen-bond acceptors (Lipinski definition) is 3. The largest absolute Gasteiger partial charge is 0.325 e. The number of rotatable bonds is 3. The van der Waals surface area contributed by atoms with Crippen LogP contribution < -0.4 is 5.73 Å². The molecule has 0 spiro atoms. The predicted molar refractivity (Wildman–Crippen MR) is 73.9 cm³/mol. The summed E-state index contributed by atoms with van der Waals surface area (Å²) in [7, 11) is 0. The van der Waals surface area contributed by atoms with Gasteiger partial charge in [0.2, 0.25) is 0 Å². The third kappa shape index (κ3) is 3.19. The second-order valence-corrected chi connectivity index (χ2v) is 4.86. The van der Waals surface area contributed by atoms with Crippen molar-refractivity contribution in [1.29, 1.82) is 0 Å². The third-order valence-corrected chi connectivity index (χ3v) is 3.25. The van der Waals surface area contributed by atoms with Gasteiger partial charge in [0.05, 0.1) is 15.7 Å². The van der Waals surface area contributed by atoms with E-state index in [0.29, 0.717) is 23.0 Å². The molecule has 0 aliphatic heterocycles. The predicted octanol–water partition coefficient (Wildman–Crippen LogP) is 3.14. The molecule has 2 aromatic rings. The molecule has 1 aromatic heterocycles. The summed E-state index contributed by atoms with van der Waals surface area (Å²) < 4.78 is 0. The van der Waals surface area contributed by atoms with Gasteiger partial charge in [0.15, 0.2) is 0 Å². The Balaban J connectivity index is 2.27. The van der Waals surface area contributed by atoms with E-state index in [0.717, 1.165) is 22.8 Å². The van der Waals surface area contributed by atoms with Gasteiger partial charge in [-0.25, -0.2) is 9.97 Å². The number of halogens is 2. The minimum atomic E-state index is 0.414. The average molecular weight is 282 g/mol. The summed E-state index contributed by atoms with van der Waals surface area (Å²) in [6.45, 7) is 2.34. The zero-order valence-corrected chi connectivity index (χ0v) is 11.5. The fraction of sp³-hybridized carbons (Fsp3) is 0.231. The number of aryl methyl sites for hydroxylation is 1. The Labute approximate surface area is 116 Å². The molecule has 0 fully saturated rings. The first-order valence-electron chi connectivity index (χ1n) is 5.56. The van der Waals surface area contributed by atoms with Crippen molar-refractivity contribution in [3.8, 4) is 0 Å². The van der Waals surface area contributed by atoms with Crippen LogP contribution in [0, 0.1) is 6.92 Å². The van der Waals surface area contributed by atoms with E-state index in [1.165, 1.54) is 0 Å². The van der Waals surface area contributed by atoms with E-state index in [1.807, 2.05) is 25.1 Å². The van der Waals surface area contributed by atoms with E-state index < -0.39 is 0 Å². The SMILES string of the molecule is Cc1cc(CN)nc(Cc2ccc(Cl)c(Cl)c2)n1. The fourth-order valence-electron chi connectivity index (χ4n) is 1.72. The lowest BCUT2D eigenvalue weighted by Crippen LogP contribution is -2.06. The van der Waals surface area contributed by atoms with E-state index in [-0.39, 0.29) is 0 Å². The molecule has 3 nitrogen and oxygen atoms in total. The first-order valence-corrected chi connectivity index (χ1v) is 6.31. The summed E-state index contributed by atoms with van der Waals surface area (Å²) in [4.78, 5) is 8.77. The van der Waals surface area contributed by atoms with Gasteiger partial charge in [-0.1, -0.05) is 29.3 Å². The molecule has 0 atom stereocenters. The number of hydrogen-bond donors (Lipinski definition) is 1. The average Bonchev–Trinajstić information content (AvgIpc) is 2.33. The van der Waals surface area contributed by atoms with Crippen molar-refractivity contribution in [3.05, 3.63) is 57.1 Å². The van der Waals surface area contributed by atoms with Crippen molar-refractivity contribution >= 4 is 23.2 Å². The zero-order valence-electron chi connectivity index (χ0n) is 9.95. The molecule has 0 radical (unpaired) electrons. The highest BCUT2D eigenvalue weighted by molar-refractivity contribution is 6.42. The van der Waals surface area contributed by atoms with E-state index in [2.05, 4.69) is 9.97 Å². The van der Waals surface area contributed by atoms with Gasteiger partial charge >= 0.3 is 0 Å². The number of nitrogens with two attached hydrogens (primary N) is 1. The number of benzene rings is 1. The Morgan fingerprint density at radius 1 is 1.11 bits per heavy atom. The van der Waals surface area contributed by atoms with Crippen LogP contribution >= 0.6 is 23.2 Å². The summed E-state index contributed by atoms with van der Waals surface area (Å²) in [5.41, 5.74) is 8.38. The van der Waals surface area contributed by atoms with E-state index in [9.17, 15) is 0 Å². The molecule has 1 aromatic carbocycles. The van der Waals surface area contributed by atoms with Crippen molar-refractivity contribution < 1.29 is 0 Å². The molecule has 0 aliphatic carbocycles. The molecule has 0 saturated carbocycles. The molecule has 94 valence electrons. The lowest BCUT2D eigenvalue weighted by atomic mass is 10.1. The van der Waals surface area contributed by atoms with Gasteiger partial charge in [-0.15, -0.1) is 0 Å². The first kappa shape index (κ1) is 13.3. The van der Waals surface area contributed by atoms with Crippen LogP contribution in [0.25, 0.3) is 0 Å². The lowest BCUT2D eigenvalue weighted by molar-refractivity contribution is 0.874. The molecule has 2 rings (SSSR count). The van der Waals surface area contributed by atoms with Gasteiger partial charge in [0.25, 0.3) is 0 Å². The highest BCUT2D eigenvalue weighted by Crippen LogP contribution is 2.23. The summed E-state index contributed by atoms with van der Waals surface area (Å²) in [5, 5.41) is 1.09. The Morgan fingerprint density at radius 3 is 2.56 bits per heavy atom. The third-order valence-electron chi connectivity index (χ3n) is 2.51. The molecule has 0 unspecified atom stereocenters. The highest BCUT2D eigenvalue weighted by Gasteiger charge is 2.05. The molecule has 0 bridgehead atoms. The van der Waals surface area contributed by atoms with Crippen LogP contribution in [0.5, 0.6) is 0 Å². The van der Waals surface area contributed by atoms with Gasteiger partial charge in [-0.05, 0) is 30.7 Å². The van der Waals surface area contributed by atoms with Crippen LogP contribution in [0.1, 0.15) is 22.8 Å². The molecule has 1 heterocycles.